The monoisotopic (exact) mass is 331 g/mol. The third-order valence-corrected chi connectivity index (χ3v) is 4.79. The molecule has 0 radical (unpaired) electrons. The Bertz CT molecular complexity index is 948. The van der Waals surface area contributed by atoms with E-state index in [2.05, 4.69) is 9.82 Å². The highest BCUT2D eigenvalue weighted by Gasteiger charge is 2.16. The molecule has 0 aliphatic rings. The summed E-state index contributed by atoms with van der Waals surface area (Å²) in [6.45, 7) is 4.25. The highest BCUT2D eigenvalue weighted by atomic mass is 32.2. The van der Waals surface area contributed by atoms with Gasteiger partial charge in [0.2, 0.25) is 0 Å². The normalized spacial score (nSPS) is 11.6. The van der Waals surface area contributed by atoms with Gasteiger partial charge in [0, 0.05) is 12.4 Å². The number of nitrogens with zero attached hydrogens (tertiary/aromatic N) is 2. The van der Waals surface area contributed by atoms with Crippen molar-refractivity contribution < 1.29 is 13.2 Å². The molecule has 0 fully saturated rings. The zero-order chi connectivity index (χ0) is 16.4. The molecule has 2 aromatic heterocycles. The average Bonchev–Trinajstić information content (AvgIpc) is 2.96. The minimum atomic E-state index is -3.65. The highest BCUT2D eigenvalue weighted by molar-refractivity contribution is 7.92. The molecule has 0 aliphatic heterocycles. The maximum absolute atomic E-state index is 12.5. The molecule has 0 atom stereocenters. The maximum Gasteiger partial charge on any atom is 0.261 e. The van der Waals surface area contributed by atoms with Gasteiger partial charge in [-0.25, -0.2) is 12.9 Å². The fraction of sp³-hybridized carbons (Fsp3) is 0.188. The Morgan fingerprint density at radius 1 is 1.22 bits per heavy atom. The van der Waals surface area contributed by atoms with Gasteiger partial charge >= 0.3 is 0 Å². The van der Waals surface area contributed by atoms with Gasteiger partial charge in [0.25, 0.3) is 10.0 Å². The van der Waals surface area contributed by atoms with Crippen molar-refractivity contribution in [3.8, 4) is 5.75 Å². The SMILES string of the molecule is CCOc1ccc(S(=O)(=O)Nc2ccn3nccc3c2)cc1C. The molecular weight excluding hydrogens is 314 g/mol. The Labute approximate surface area is 134 Å². The molecule has 0 unspecified atom stereocenters. The number of fused-ring (bicyclic) bond motifs is 1. The van der Waals surface area contributed by atoms with E-state index in [-0.39, 0.29) is 4.90 Å². The number of aromatic nitrogens is 2. The topological polar surface area (TPSA) is 72.7 Å². The number of ether oxygens (including phenoxy) is 1. The van der Waals surface area contributed by atoms with E-state index in [0.29, 0.717) is 18.0 Å². The lowest BCUT2D eigenvalue weighted by Gasteiger charge is -2.11. The van der Waals surface area contributed by atoms with Crippen molar-refractivity contribution in [2.75, 3.05) is 11.3 Å². The fourth-order valence-electron chi connectivity index (χ4n) is 2.31. The Morgan fingerprint density at radius 2 is 2.04 bits per heavy atom. The summed E-state index contributed by atoms with van der Waals surface area (Å²) in [7, 11) is -3.65. The number of pyridine rings is 1. The first-order valence-corrected chi connectivity index (χ1v) is 8.67. The largest absolute Gasteiger partial charge is 0.494 e. The van der Waals surface area contributed by atoms with E-state index < -0.39 is 10.0 Å². The molecule has 3 aromatic rings. The van der Waals surface area contributed by atoms with Crippen LogP contribution in [-0.2, 0) is 10.0 Å². The number of anilines is 1. The molecular formula is C16H17N3O3S. The summed E-state index contributed by atoms with van der Waals surface area (Å²) in [4.78, 5) is 0.201. The zero-order valence-corrected chi connectivity index (χ0v) is 13.7. The summed E-state index contributed by atoms with van der Waals surface area (Å²) in [5, 5.41) is 4.08. The van der Waals surface area contributed by atoms with E-state index in [0.717, 1.165) is 11.1 Å². The quantitative estimate of drug-likeness (QED) is 0.780. The molecule has 0 spiro atoms. The molecule has 0 aliphatic carbocycles. The molecule has 0 bridgehead atoms. The molecule has 120 valence electrons. The first-order valence-electron chi connectivity index (χ1n) is 7.19. The summed E-state index contributed by atoms with van der Waals surface area (Å²) >= 11 is 0. The molecule has 0 saturated carbocycles. The van der Waals surface area contributed by atoms with Crippen LogP contribution in [0.2, 0.25) is 0 Å². The van der Waals surface area contributed by atoms with Crippen LogP contribution in [0.25, 0.3) is 5.52 Å². The van der Waals surface area contributed by atoms with Crippen molar-refractivity contribution in [2.24, 2.45) is 0 Å². The fourth-order valence-corrected chi connectivity index (χ4v) is 3.44. The van der Waals surface area contributed by atoms with E-state index in [1.165, 1.54) is 6.07 Å². The molecule has 6 nitrogen and oxygen atoms in total. The molecule has 2 heterocycles. The second-order valence-electron chi connectivity index (χ2n) is 5.08. The van der Waals surface area contributed by atoms with Crippen LogP contribution in [0.5, 0.6) is 5.75 Å². The van der Waals surface area contributed by atoms with E-state index in [1.807, 2.05) is 13.8 Å². The second-order valence-corrected chi connectivity index (χ2v) is 6.76. The van der Waals surface area contributed by atoms with Gasteiger partial charge in [-0.15, -0.1) is 0 Å². The zero-order valence-electron chi connectivity index (χ0n) is 12.9. The Hall–Kier alpha value is -2.54. The van der Waals surface area contributed by atoms with Crippen LogP contribution in [0.15, 0.2) is 53.7 Å². The molecule has 23 heavy (non-hydrogen) atoms. The van der Waals surface area contributed by atoms with Crippen molar-refractivity contribution in [1.82, 2.24) is 9.61 Å². The minimum Gasteiger partial charge on any atom is -0.494 e. The van der Waals surface area contributed by atoms with Gasteiger partial charge in [-0.1, -0.05) is 0 Å². The van der Waals surface area contributed by atoms with Crippen LogP contribution in [0.4, 0.5) is 5.69 Å². The Morgan fingerprint density at radius 3 is 2.78 bits per heavy atom. The number of sulfonamides is 1. The summed E-state index contributed by atoms with van der Waals surface area (Å²) < 4.78 is 34.7. The molecule has 1 aromatic carbocycles. The van der Waals surface area contributed by atoms with Gasteiger partial charge in [-0.2, -0.15) is 5.10 Å². The lowest BCUT2D eigenvalue weighted by atomic mass is 10.2. The van der Waals surface area contributed by atoms with Crippen molar-refractivity contribution in [1.29, 1.82) is 0 Å². The summed E-state index contributed by atoms with van der Waals surface area (Å²) in [6.07, 6.45) is 3.36. The Kier molecular flexibility index (Phi) is 3.96. The van der Waals surface area contributed by atoms with Crippen molar-refractivity contribution >= 4 is 21.2 Å². The molecule has 0 saturated heterocycles. The Balaban J connectivity index is 1.90. The number of hydrogen-bond acceptors (Lipinski definition) is 4. The average molecular weight is 331 g/mol. The number of hydrogen-bond donors (Lipinski definition) is 1. The van der Waals surface area contributed by atoms with E-state index >= 15 is 0 Å². The van der Waals surface area contributed by atoms with Crippen molar-refractivity contribution in [2.45, 2.75) is 18.7 Å². The van der Waals surface area contributed by atoms with Gasteiger partial charge in [0.05, 0.1) is 22.7 Å². The molecule has 0 amide bonds. The first kappa shape index (κ1) is 15.4. The van der Waals surface area contributed by atoms with Crippen LogP contribution in [-0.4, -0.2) is 24.6 Å². The van der Waals surface area contributed by atoms with Crippen LogP contribution in [0, 0.1) is 6.92 Å². The number of benzene rings is 1. The molecule has 1 N–H and O–H groups in total. The van der Waals surface area contributed by atoms with Gasteiger partial charge < -0.3 is 4.74 Å². The maximum atomic E-state index is 12.5. The number of rotatable bonds is 5. The predicted molar refractivity (Wildman–Crippen MR) is 88.3 cm³/mol. The van der Waals surface area contributed by atoms with Crippen molar-refractivity contribution in [3.05, 3.63) is 54.4 Å². The van der Waals surface area contributed by atoms with E-state index in [4.69, 9.17) is 4.74 Å². The number of aryl methyl sites for hydroxylation is 1. The lowest BCUT2D eigenvalue weighted by Crippen LogP contribution is -2.13. The second kappa shape index (κ2) is 5.92. The summed E-state index contributed by atoms with van der Waals surface area (Å²) in [6, 6.07) is 10.0. The first-order chi connectivity index (χ1) is 11.0. The van der Waals surface area contributed by atoms with Gasteiger partial charge in [-0.05, 0) is 55.8 Å². The standard InChI is InChI=1S/C16H17N3O3S/c1-3-22-16-5-4-15(10-12(16)2)23(20,21)18-13-7-9-19-14(11-13)6-8-17-19/h4-11,18H,3H2,1-2H3. The summed E-state index contributed by atoms with van der Waals surface area (Å²) in [5.74, 6) is 0.687. The van der Waals surface area contributed by atoms with Gasteiger partial charge in [-0.3, -0.25) is 4.72 Å². The van der Waals surface area contributed by atoms with Crippen LogP contribution in [0.3, 0.4) is 0 Å². The third kappa shape index (κ3) is 3.14. The van der Waals surface area contributed by atoms with E-state index in [9.17, 15) is 8.42 Å². The highest BCUT2D eigenvalue weighted by Crippen LogP contribution is 2.24. The van der Waals surface area contributed by atoms with E-state index in [1.54, 1.807) is 47.2 Å². The van der Waals surface area contributed by atoms with Crippen molar-refractivity contribution in [3.63, 3.8) is 0 Å². The van der Waals surface area contributed by atoms with Gasteiger partial charge in [0.1, 0.15) is 5.75 Å². The van der Waals surface area contributed by atoms with Gasteiger partial charge in [0.15, 0.2) is 0 Å². The minimum absolute atomic E-state index is 0.201. The van der Waals surface area contributed by atoms with Crippen LogP contribution in [0.1, 0.15) is 12.5 Å². The third-order valence-electron chi connectivity index (χ3n) is 3.41. The summed E-state index contributed by atoms with van der Waals surface area (Å²) in [5.41, 5.74) is 2.08. The molecule has 7 heteroatoms. The molecule has 3 rings (SSSR count). The van der Waals surface area contributed by atoms with Crippen LogP contribution < -0.4 is 9.46 Å². The number of nitrogens with one attached hydrogen (secondary N) is 1. The lowest BCUT2D eigenvalue weighted by molar-refractivity contribution is 0.337. The smallest absolute Gasteiger partial charge is 0.261 e. The van der Waals surface area contributed by atoms with Crippen LogP contribution >= 0.6 is 0 Å². The predicted octanol–water partition coefficient (Wildman–Crippen LogP) is 2.84.